The van der Waals surface area contributed by atoms with E-state index in [0.29, 0.717) is 17.7 Å². The number of rotatable bonds is 3. The Morgan fingerprint density at radius 2 is 1.95 bits per heavy atom. The fraction of sp³-hybridized carbons (Fsp3) is 0.600. The standard InChI is InChI=1S/C15H19N5O2/c1-22-13-5-4-12-16-17-14(20(12)18-13)10-6-8-19(9-7-10)15(21)11-2-3-11/h4-5,10-11H,2-3,6-9H2,1H3. The van der Waals surface area contributed by atoms with Crippen molar-refractivity contribution in [2.75, 3.05) is 20.2 Å². The third-order valence-corrected chi connectivity index (χ3v) is 4.57. The van der Waals surface area contributed by atoms with Crippen LogP contribution in [-0.4, -0.2) is 50.8 Å². The molecule has 0 spiro atoms. The molecule has 22 heavy (non-hydrogen) atoms. The number of methoxy groups -OCH3 is 1. The number of nitrogens with zero attached hydrogens (tertiary/aromatic N) is 5. The minimum Gasteiger partial charge on any atom is -0.480 e. The Hall–Kier alpha value is -2.18. The lowest BCUT2D eigenvalue weighted by atomic mass is 9.96. The first-order valence-electron chi connectivity index (χ1n) is 7.81. The second-order valence-corrected chi connectivity index (χ2v) is 6.08. The maximum absolute atomic E-state index is 12.1. The molecule has 2 aromatic rings. The van der Waals surface area contributed by atoms with Crippen LogP contribution in [0.5, 0.6) is 5.88 Å². The maximum atomic E-state index is 12.1. The van der Waals surface area contributed by atoms with Crippen molar-refractivity contribution < 1.29 is 9.53 Å². The van der Waals surface area contributed by atoms with Crippen molar-refractivity contribution in [3.05, 3.63) is 18.0 Å². The predicted octanol–water partition coefficient (Wildman–Crippen LogP) is 1.25. The van der Waals surface area contributed by atoms with Gasteiger partial charge in [0, 0.05) is 31.0 Å². The summed E-state index contributed by atoms with van der Waals surface area (Å²) in [6.07, 6.45) is 3.96. The third kappa shape index (κ3) is 2.30. The number of piperidine rings is 1. The zero-order chi connectivity index (χ0) is 15.1. The van der Waals surface area contributed by atoms with E-state index >= 15 is 0 Å². The van der Waals surface area contributed by atoms with Crippen LogP contribution >= 0.6 is 0 Å². The highest BCUT2D eigenvalue weighted by molar-refractivity contribution is 5.81. The lowest BCUT2D eigenvalue weighted by Gasteiger charge is -2.31. The first-order valence-corrected chi connectivity index (χ1v) is 7.81. The molecule has 4 rings (SSSR count). The van der Waals surface area contributed by atoms with Crippen molar-refractivity contribution in [1.82, 2.24) is 24.7 Å². The van der Waals surface area contributed by atoms with Crippen LogP contribution in [0.25, 0.3) is 5.65 Å². The largest absolute Gasteiger partial charge is 0.480 e. The zero-order valence-electron chi connectivity index (χ0n) is 12.6. The molecule has 1 amide bonds. The van der Waals surface area contributed by atoms with E-state index in [4.69, 9.17) is 4.74 Å². The first kappa shape index (κ1) is 13.5. The van der Waals surface area contributed by atoms with Crippen molar-refractivity contribution >= 4 is 11.6 Å². The van der Waals surface area contributed by atoms with Crippen molar-refractivity contribution in [3.63, 3.8) is 0 Å². The topological polar surface area (TPSA) is 72.6 Å². The highest BCUT2D eigenvalue weighted by Crippen LogP contribution is 2.34. The van der Waals surface area contributed by atoms with E-state index in [1.54, 1.807) is 17.7 Å². The van der Waals surface area contributed by atoms with E-state index in [9.17, 15) is 4.79 Å². The molecule has 0 unspecified atom stereocenters. The molecule has 3 heterocycles. The molecule has 0 radical (unpaired) electrons. The molecule has 1 saturated carbocycles. The summed E-state index contributed by atoms with van der Waals surface area (Å²) in [5, 5.41) is 12.9. The fourth-order valence-corrected chi connectivity index (χ4v) is 3.10. The van der Waals surface area contributed by atoms with Crippen molar-refractivity contribution in [2.24, 2.45) is 5.92 Å². The molecule has 7 heteroatoms. The quantitative estimate of drug-likeness (QED) is 0.853. The average Bonchev–Trinajstić information content (AvgIpc) is 3.33. The molecule has 2 aromatic heterocycles. The molecular formula is C15H19N5O2. The number of aromatic nitrogens is 4. The number of likely N-dealkylation sites (tertiary alicyclic amines) is 1. The summed E-state index contributed by atoms with van der Waals surface area (Å²) in [6.45, 7) is 1.61. The van der Waals surface area contributed by atoms with Crippen LogP contribution in [0.15, 0.2) is 12.1 Å². The monoisotopic (exact) mass is 301 g/mol. The van der Waals surface area contributed by atoms with Gasteiger partial charge in [-0.15, -0.1) is 15.3 Å². The number of ether oxygens (including phenoxy) is 1. The second-order valence-electron chi connectivity index (χ2n) is 6.08. The number of hydrogen-bond donors (Lipinski definition) is 0. The molecule has 1 aliphatic heterocycles. The molecule has 7 nitrogen and oxygen atoms in total. The summed E-state index contributed by atoms with van der Waals surface area (Å²) >= 11 is 0. The normalized spacial score (nSPS) is 19.6. The molecule has 1 saturated heterocycles. The van der Waals surface area contributed by atoms with E-state index in [1.807, 2.05) is 11.0 Å². The van der Waals surface area contributed by atoms with Crippen LogP contribution in [0, 0.1) is 5.92 Å². The maximum Gasteiger partial charge on any atom is 0.231 e. The number of carbonyl (C=O) groups is 1. The van der Waals surface area contributed by atoms with Gasteiger partial charge in [-0.2, -0.15) is 4.52 Å². The number of amides is 1. The summed E-state index contributed by atoms with van der Waals surface area (Å²) in [7, 11) is 1.60. The lowest BCUT2D eigenvalue weighted by Crippen LogP contribution is -2.39. The van der Waals surface area contributed by atoms with Crippen LogP contribution in [0.3, 0.4) is 0 Å². The van der Waals surface area contributed by atoms with Crippen molar-refractivity contribution in [1.29, 1.82) is 0 Å². The summed E-state index contributed by atoms with van der Waals surface area (Å²) in [6, 6.07) is 3.64. The van der Waals surface area contributed by atoms with Gasteiger partial charge in [-0.3, -0.25) is 4.79 Å². The van der Waals surface area contributed by atoms with E-state index in [1.165, 1.54) is 0 Å². The third-order valence-electron chi connectivity index (χ3n) is 4.57. The fourth-order valence-electron chi connectivity index (χ4n) is 3.10. The van der Waals surface area contributed by atoms with Gasteiger partial charge in [0.25, 0.3) is 0 Å². The van der Waals surface area contributed by atoms with Gasteiger partial charge < -0.3 is 9.64 Å². The van der Waals surface area contributed by atoms with Gasteiger partial charge in [-0.25, -0.2) is 0 Å². The minimum atomic E-state index is 0.290. The van der Waals surface area contributed by atoms with Crippen LogP contribution in [0.2, 0.25) is 0 Å². The Balaban J connectivity index is 1.52. The van der Waals surface area contributed by atoms with E-state index in [2.05, 4.69) is 15.3 Å². The van der Waals surface area contributed by atoms with Crippen molar-refractivity contribution in [2.45, 2.75) is 31.6 Å². The number of carbonyl (C=O) groups excluding carboxylic acids is 1. The van der Waals surface area contributed by atoms with E-state index in [-0.39, 0.29) is 5.92 Å². The summed E-state index contributed by atoms with van der Waals surface area (Å²) < 4.78 is 6.94. The van der Waals surface area contributed by atoms with Crippen molar-refractivity contribution in [3.8, 4) is 5.88 Å². The van der Waals surface area contributed by atoms with Gasteiger partial charge in [0.2, 0.25) is 11.8 Å². The van der Waals surface area contributed by atoms with Gasteiger partial charge in [0.1, 0.15) is 0 Å². The molecule has 2 aliphatic rings. The van der Waals surface area contributed by atoms with Crippen LogP contribution < -0.4 is 4.74 Å². The van der Waals surface area contributed by atoms with E-state index < -0.39 is 0 Å². The van der Waals surface area contributed by atoms with Gasteiger partial charge in [0.05, 0.1) is 7.11 Å². The lowest BCUT2D eigenvalue weighted by molar-refractivity contribution is -0.133. The highest BCUT2D eigenvalue weighted by atomic mass is 16.5. The summed E-state index contributed by atoms with van der Waals surface area (Å²) in [4.78, 5) is 14.1. The predicted molar refractivity (Wildman–Crippen MR) is 78.6 cm³/mol. The Kier molecular flexibility index (Phi) is 3.20. The Morgan fingerprint density at radius 1 is 1.18 bits per heavy atom. The number of hydrogen-bond acceptors (Lipinski definition) is 5. The Morgan fingerprint density at radius 3 is 2.64 bits per heavy atom. The SMILES string of the molecule is COc1ccc2nnc(C3CCN(C(=O)C4CC4)CC3)n2n1. The molecule has 116 valence electrons. The Bertz CT molecular complexity index is 701. The van der Waals surface area contributed by atoms with Crippen LogP contribution in [0.4, 0.5) is 0 Å². The minimum absolute atomic E-state index is 0.290. The highest BCUT2D eigenvalue weighted by Gasteiger charge is 2.35. The zero-order valence-corrected chi connectivity index (χ0v) is 12.6. The molecule has 2 fully saturated rings. The van der Waals surface area contributed by atoms with Gasteiger partial charge in [-0.1, -0.05) is 0 Å². The Labute approximate surface area is 128 Å². The number of fused-ring (bicyclic) bond motifs is 1. The molecular weight excluding hydrogens is 282 g/mol. The molecule has 0 bridgehead atoms. The summed E-state index contributed by atoms with van der Waals surface area (Å²) in [5.41, 5.74) is 0.729. The van der Waals surface area contributed by atoms with Gasteiger partial charge in [-0.05, 0) is 31.7 Å². The van der Waals surface area contributed by atoms with Gasteiger partial charge in [0.15, 0.2) is 11.5 Å². The summed E-state index contributed by atoms with van der Waals surface area (Å²) in [5.74, 6) is 2.35. The molecule has 1 aliphatic carbocycles. The average molecular weight is 301 g/mol. The first-order chi connectivity index (χ1) is 10.8. The van der Waals surface area contributed by atoms with E-state index in [0.717, 1.165) is 50.2 Å². The molecule has 0 aromatic carbocycles. The molecule has 0 N–H and O–H groups in total. The second kappa shape index (κ2) is 5.23. The van der Waals surface area contributed by atoms with Crippen LogP contribution in [-0.2, 0) is 4.79 Å². The smallest absolute Gasteiger partial charge is 0.231 e. The molecule has 0 atom stereocenters. The van der Waals surface area contributed by atoms with Crippen LogP contribution in [0.1, 0.15) is 37.4 Å². The van der Waals surface area contributed by atoms with Gasteiger partial charge >= 0.3 is 0 Å².